The van der Waals surface area contributed by atoms with Gasteiger partial charge in [-0.2, -0.15) is 5.10 Å². The van der Waals surface area contributed by atoms with Crippen LogP contribution in [-0.4, -0.2) is 43.4 Å². The molecule has 1 saturated heterocycles. The van der Waals surface area contributed by atoms with Crippen molar-refractivity contribution in [2.75, 3.05) is 18.8 Å². The molecule has 4 N–H and O–H groups in total. The first-order chi connectivity index (χ1) is 14.3. The van der Waals surface area contributed by atoms with Gasteiger partial charge in [0.25, 0.3) is 0 Å². The largest absolute Gasteiger partial charge is 0.383 e. The molecule has 0 saturated carbocycles. The van der Waals surface area contributed by atoms with Crippen LogP contribution in [0.3, 0.4) is 0 Å². The normalized spacial score (nSPS) is 15.2. The summed E-state index contributed by atoms with van der Waals surface area (Å²) in [4.78, 5) is 13.0. The molecule has 1 aliphatic heterocycles. The molecule has 5 heterocycles. The Hall–Kier alpha value is -3.33. The Balaban J connectivity index is 1.59. The van der Waals surface area contributed by atoms with Gasteiger partial charge in [0.05, 0.1) is 16.6 Å². The van der Waals surface area contributed by atoms with Gasteiger partial charge < -0.3 is 15.6 Å². The van der Waals surface area contributed by atoms with Gasteiger partial charge in [0.2, 0.25) is 0 Å². The Labute approximate surface area is 167 Å². The Bertz CT molecular complexity index is 1140. The summed E-state index contributed by atoms with van der Waals surface area (Å²) in [5, 5.41) is 15.6. The van der Waals surface area contributed by atoms with E-state index in [0.29, 0.717) is 40.6 Å². The summed E-state index contributed by atoms with van der Waals surface area (Å²) in [6.07, 6.45) is 6.34. The number of hydrogen-bond donors (Lipinski definition) is 3. The minimum Gasteiger partial charge on any atom is -0.383 e. The van der Waals surface area contributed by atoms with Crippen LogP contribution < -0.4 is 11.1 Å². The molecule has 0 aromatic carbocycles. The number of hydrogen-bond acceptors (Lipinski definition) is 8. The van der Waals surface area contributed by atoms with Crippen molar-refractivity contribution in [3.8, 4) is 22.6 Å². The van der Waals surface area contributed by atoms with Gasteiger partial charge in [0.15, 0.2) is 5.65 Å². The third-order valence-electron chi connectivity index (χ3n) is 5.55. The predicted octanol–water partition coefficient (Wildman–Crippen LogP) is 2.68. The quantitative estimate of drug-likeness (QED) is 0.485. The molecule has 1 fully saturated rings. The molecule has 1 aliphatic rings. The van der Waals surface area contributed by atoms with Crippen LogP contribution in [0.25, 0.3) is 33.7 Å². The summed E-state index contributed by atoms with van der Waals surface area (Å²) in [5.41, 5.74) is 10.8. The zero-order valence-corrected chi connectivity index (χ0v) is 16.1. The minimum absolute atomic E-state index is 0.347. The molecular formula is C20H22N8O. The van der Waals surface area contributed by atoms with Crippen LogP contribution in [0.1, 0.15) is 37.0 Å². The summed E-state index contributed by atoms with van der Waals surface area (Å²) >= 11 is 0. The first kappa shape index (κ1) is 17.7. The average Bonchev–Trinajstić information content (AvgIpc) is 3.39. The molecule has 0 spiro atoms. The van der Waals surface area contributed by atoms with Gasteiger partial charge in [-0.25, -0.2) is 9.97 Å². The van der Waals surface area contributed by atoms with Gasteiger partial charge in [-0.3, -0.25) is 10.1 Å². The molecule has 0 atom stereocenters. The van der Waals surface area contributed by atoms with E-state index in [9.17, 15) is 0 Å². The maximum atomic E-state index is 6.08. The molecule has 148 valence electrons. The molecule has 0 bridgehead atoms. The molecule has 0 aliphatic carbocycles. The molecular weight excluding hydrogens is 368 g/mol. The highest BCUT2D eigenvalue weighted by Gasteiger charge is 2.24. The van der Waals surface area contributed by atoms with E-state index in [4.69, 9.17) is 15.2 Å². The van der Waals surface area contributed by atoms with Crippen LogP contribution in [0.2, 0.25) is 0 Å². The second-order valence-corrected chi connectivity index (χ2v) is 7.24. The van der Waals surface area contributed by atoms with Crippen molar-refractivity contribution in [3.05, 3.63) is 36.0 Å². The van der Waals surface area contributed by atoms with E-state index in [-0.39, 0.29) is 0 Å². The zero-order valence-electron chi connectivity index (χ0n) is 16.1. The fourth-order valence-corrected chi connectivity index (χ4v) is 4.00. The Morgan fingerprint density at radius 1 is 1.17 bits per heavy atom. The van der Waals surface area contributed by atoms with Gasteiger partial charge in [-0.05, 0) is 43.5 Å². The zero-order chi connectivity index (χ0) is 19.8. The lowest BCUT2D eigenvalue weighted by Gasteiger charge is -2.22. The summed E-state index contributed by atoms with van der Waals surface area (Å²) in [6, 6.07) is 4.21. The number of fused-ring (bicyclic) bond motifs is 1. The van der Waals surface area contributed by atoms with Crippen LogP contribution >= 0.6 is 0 Å². The summed E-state index contributed by atoms with van der Waals surface area (Å²) in [6.45, 7) is 4.14. The first-order valence-corrected chi connectivity index (χ1v) is 9.86. The number of aryl methyl sites for hydroxylation is 1. The first-order valence-electron chi connectivity index (χ1n) is 9.86. The van der Waals surface area contributed by atoms with Crippen LogP contribution in [0.5, 0.6) is 0 Å². The third-order valence-corrected chi connectivity index (χ3v) is 5.55. The highest BCUT2D eigenvalue weighted by Crippen LogP contribution is 2.37. The summed E-state index contributed by atoms with van der Waals surface area (Å²) in [7, 11) is 0. The lowest BCUT2D eigenvalue weighted by molar-refractivity contribution is 0.389. The van der Waals surface area contributed by atoms with Gasteiger partial charge in [0, 0.05) is 12.6 Å². The van der Waals surface area contributed by atoms with Crippen molar-refractivity contribution in [2.45, 2.75) is 32.1 Å². The maximum Gasteiger partial charge on any atom is 0.186 e. The van der Waals surface area contributed by atoms with Crippen molar-refractivity contribution in [3.63, 3.8) is 0 Å². The minimum atomic E-state index is 0.347. The van der Waals surface area contributed by atoms with Crippen molar-refractivity contribution in [1.29, 1.82) is 0 Å². The van der Waals surface area contributed by atoms with Crippen LogP contribution in [0, 0.1) is 0 Å². The van der Waals surface area contributed by atoms with Gasteiger partial charge in [-0.15, -0.1) is 0 Å². The van der Waals surface area contributed by atoms with E-state index in [1.807, 2.05) is 19.2 Å². The number of nitrogens with one attached hydrogen (secondary N) is 2. The number of nitrogens with two attached hydrogens (primary N) is 1. The van der Waals surface area contributed by atoms with Gasteiger partial charge in [-0.1, -0.05) is 18.1 Å². The predicted molar refractivity (Wildman–Crippen MR) is 109 cm³/mol. The second kappa shape index (κ2) is 7.25. The average molecular weight is 390 g/mol. The monoisotopic (exact) mass is 390 g/mol. The van der Waals surface area contributed by atoms with Crippen LogP contribution in [0.4, 0.5) is 5.82 Å². The van der Waals surface area contributed by atoms with Crippen LogP contribution in [0.15, 0.2) is 29.2 Å². The van der Waals surface area contributed by atoms with Crippen molar-refractivity contribution in [1.82, 2.24) is 35.6 Å². The molecule has 4 aromatic heterocycles. The second-order valence-electron chi connectivity index (χ2n) is 7.24. The van der Waals surface area contributed by atoms with Crippen molar-refractivity contribution < 1.29 is 4.52 Å². The fourth-order valence-electron chi connectivity index (χ4n) is 4.00. The number of aromatic nitrogens is 6. The Kier molecular flexibility index (Phi) is 4.44. The van der Waals surface area contributed by atoms with E-state index in [0.717, 1.165) is 42.9 Å². The number of nitrogens with zero attached hydrogens (tertiary/aromatic N) is 5. The van der Waals surface area contributed by atoms with E-state index in [2.05, 4.69) is 36.7 Å². The van der Waals surface area contributed by atoms with Crippen molar-refractivity contribution in [2.24, 2.45) is 0 Å². The summed E-state index contributed by atoms with van der Waals surface area (Å²) < 4.78 is 5.63. The lowest BCUT2D eigenvalue weighted by Crippen LogP contribution is -2.26. The number of H-pyrrole nitrogens is 1. The molecule has 0 unspecified atom stereocenters. The van der Waals surface area contributed by atoms with E-state index < -0.39 is 0 Å². The van der Waals surface area contributed by atoms with E-state index >= 15 is 0 Å². The van der Waals surface area contributed by atoms with Gasteiger partial charge in [0.1, 0.15) is 29.3 Å². The highest BCUT2D eigenvalue weighted by molar-refractivity contribution is 5.99. The van der Waals surface area contributed by atoms with Gasteiger partial charge >= 0.3 is 0 Å². The smallest absolute Gasteiger partial charge is 0.186 e. The molecule has 4 aromatic rings. The number of pyridine rings is 1. The topological polar surface area (TPSA) is 131 Å². The number of aromatic amines is 1. The van der Waals surface area contributed by atoms with Crippen LogP contribution in [-0.2, 0) is 6.42 Å². The molecule has 0 radical (unpaired) electrons. The van der Waals surface area contributed by atoms with E-state index in [1.54, 1.807) is 0 Å². The standard InChI is InChI=1S/C20H22N8O/c1-2-14-15(13-4-3-12(9-23-13)11-5-7-22-8-6-11)18(28-29-14)17-16-19(21)24-10-25-20(16)27-26-17/h3-4,9-11,22H,2,5-8H2,1H3,(H3,21,24,25,26,27). The molecule has 9 nitrogen and oxygen atoms in total. The summed E-state index contributed by atoms with van der Waals surface area (Å²) in [5.74, 6) is 1.67. The van der Waals surface area contributed by atoms with E-state index in [1.165, 1.54) is 11.9 Å². The molecule has 29 heavy (non-hydrogen) atoms. The maximum absolute atomic E-state index is 6.08. The number of anilines is 1. The highest BCUT2D eigenvalue weighted by atomic mass is 16.5. The number of piperidine rings is 1. The van der Waals surface area contributed by atoms with Crippen molar-refractivity contribution >= 4 is 16.9 Å². The number of rotatable bonds is 4. The molecule has 9 heteroatoms. The third kappa shape index (κ3) is 3.03. The molecule has 5 rings (SSSR count). The Morgan fingerprint density at radius 2 is 2.03 bits per heavy atom. The Morgan fingerprint density at radius 3 is 2.79 bits per heavy atom. The SMILES string of the molecule is CCc1onc(-c2[nH]nc3ncnc(N)c23)c1-c1ccc(C2CCNCC2)cn1. The lowest BCUT2D eigenvalue weighted by atomic mass is 9.91. The molecule has 0 amide bonds. The number of nitrogen functional groups attached to an aromatic ring is 1. The fraction of sp³-hybridized carbons (Fsp3) is 0.350.